The van der Waals surface area contributed by atoms with E-state index in [0.717, 1.165) is 23.7 Å². The number of hydrogen-bond donors (Lipinski definition) is 0. The van der Waals surface area contributed by atoms with E-state index in [-0.39, 0.29) is 4.83 Å². The molecule has 1 aromatic carbocycles. The molecule has 1 fully saturated rings. The molecule has 0 radical (unpaired) electrons. The van der Waals surface area contributed by atoms with Crippen LogP contribution in [0.25, 0.3) is 0 Å². The molecule has 3 heteroatoms. The molecule has 0 aromatic heterocycles. The normalized spacial score (nSPS) is 17.2. The van der Waals surface area contributed by atoms with Crippen LogP contribution in [0.1, 0.15) is 24.0 Å². The predicted octanol–water partition coefficient (Wildman–Crippen LogP) is 4.04. The number of hydrogen-bond acceptors (Lipinski definition) is 1. The summed E-state index contributed by atoms with van der Waals surface area (Å²) >= 11 is 7.01. The Labute approximate surface area is 113 Å². The molecule has 0 amide bonds. The summed E-state index contributed by atoms with van der Waals surface area (Å²) in [4.78, 5) is 11.8. The topological polar surface area (TPSA) is 17.1 Å². The average molecular weight is 346 g/mol. The van der Waals surface area contributed by atoms with Crippen LogP contribution in [0.3, 0.4) is 0 Å². The Morgan fingerprint density at radius 3 is 2.75 bits per heavy atom. The zero-order valence-corrected chi connectivity index (χ0v) is 12.3. The fourth-order valence-corrected chi connectivity index (χ4v) is 2.87. The Kier molecular flexibility index (Phi) is 3.85. The minimum Gasteiger partial charge on any atom is -0.298 e. The number of carbonyl (C=O) groups excluding carboxylic acids is 1. The third-order valence-electron chi connectivity index (χ3n) is 2.94. The van der Waals surface area contributed by atoms with E-state index in [0.29, 0.717) is 11.7 Å². The molecular weight excluding hydrogens is 332 g/mol. The number of carbonyl (C=O) groups is 1. The Hall–Kier alpha value is -0.150. The second kappa shape index (κ2) is 5.01. The maximum absolute atomic E-state index is 11.8. The highest BCUT2D eigenvalue weighted by Gasteiger charge is 2.33. The summed E-state index contributed by atoms with van der Waals surface area (Å²) in [6, 6.07) is 6.28. The minimum absolute atomic E-state index is 0.0189. The first kappa shape index (κ1) is 12.3. The van der Waals surface area contributed by atoms with E-state index in [2.05, 4.69) is 57.0 Å². The summed E-state index contributed by atoms with van der Waals surface area (Å²) in [7, 11) is 0. The van der Waals surface area contributed by atoms with E-state index in [1.807, 2.05) is 0 Å². The van der Waals surface area contributed by atoms with Crippen molar-refractivity contribution >= 4 is 37.6 Å². The van der Waals surface area contributed by atoms with Crippen LogP contribution < -0.4 is 0 Å². The third-order valence-corrected chi connectivity index (χ3v) is 4.57. The fourth-order valence-electron chi connectivity index (χ4n) is 1.69. The minimum atomic E-state index is -0.0189. The van der Waals surface area contributed by atoms with Crippen molar-refractivity contribution in [2.75, 3.05) is 0 Å². The van der Waals surface area contributed by atoms with E-state index < -0.39 is 0 Å². The molecule has 0 N–H and O–H groups in total. The van der Waals surface area contributed by atoms with E-state index in [1.54, 1.807) is 0 Å². The molecular formula is C13H14Br2O. The second-order valence-corrected chi connectivity index (χ2v) is 6.39. The number of halogens is 2. The monoisotopic (exact) mass is 344 g/mol. The van der Waals surface area contributed by atoms with Gasteiger partial charge in [-0.1, -0.05) is 44.0 Å². The van der Waals surface area contributed by atoms with Crippen LogP contribution in [0.15, 0.2) is 22.7 Å². The van der Waals surface area contributed by atoms with Crippen molar-refractivity contribution < 1.29 is 4.79 Å². The molecule has 1 aliphatic rings. The smallest absolute Gasteiger partial charge is 0.149 e. The molecule has 1 atom stereocenters. The lowest BCUT2D eigenvalue weighted by atomic mass is 10.0. The lowest BCUT2D eigenvalue weighted by molar-refractivity contribution is -0.119. The Morgan fingerprint density at radius 1 is 1.50 bits per heavy atom. The molecule has 0 spiro atoms. The molecule has 1 aromatic rings. The van der Waals surface area contributed by atoms with Crippen LogP contribution in [0.2, 0.25) is 0 Å². The van der Waals surface area contributed by atoms with Gasteiger partial charge in [-0.15, -0.1) is 0 Å². The molecule has 1 aliphatic carbocycles. The number of ketones is 1. The number of aryl methyl sites for hydroxylation is 1. The zero-order valence-electron chi connectivity index (χ0n) is 9.17. The van der Waals surface area contributed by atoms with Crippen LogP contribution in [0, 0.1) is 12.8 Å². The Morgan fingerprint density at radius 2 is 2.19 bits per heavy atom. The van der Waals surface area contributed by atoms with E-state index in [4.69, 9.17) is 0 Å². The van der Waals surface area contributed by atoms with Gasteiger partial charge in [-0.2, -0.15) is 0 Å². The standard InChI is InChI=1S/C13H14Br2O/c1-8-2-3-9(6-11(8)14)7-12(15)13(16)10-4-5-10/h2-3,6,10,12H,4-5,7H2,1H3. The molecule has 1 nitrogen and oxygen atoms in total. The van der Waals surface area contributed by atoms with Gasteiger partial charge in [0.1, 0.15) is 5.78 Å². The number of benzene rings is 1. The van der Waals surface area contributed by atoms with Crippen LogP contribution in [0.5, 0.6) is 0 Å². The van der Waals surface area contributed by atoms with Gasteiger partial charge < -0.3 is 0 Å². The van der Waals surface area contributed by atoms with Gasteiger partial charge in [-0.05, 0) is 43.4 Å². The summed E-state index contributed by atoms with van der Waals surface area (Å²) in [6.45, 7) is 2.06. The van der Waals surface area contributed by atoms with Crippen LogP contribution >= 0.6 is 31.9 Å². The molecule has 0 aliphatic heterocycles. The highest BCUT2D eigenvalue weighted by atomic mass is 79.9. The summed E-state index contributed by atoms with van der Waals surface area (Å²) in [5.74, 6) is 0.704. The SMILES string of the molecule is Cc1ccc(CC(Br)C(=O)C2CC2)cc1Br. The van der Waals surface area contributed by atoms with Gasteiger partial charge in [-0.25, -0.2) is 0 Å². The summed E-state index contributed by atoms with van der Waals surface area (Å²) < 4.78 is 1.11. The highest BCUT2D eigenvalue weighted by molar-refractivity contribution is 9.10. The Balaban J connectivity index is 2.02. The van der Waals surface area contributed by atoms with Crippen molar-refractivity contribution in [2.24, 2.45) is 5.92 Å². The van der Waals surface area contributed by atoms with Crippen molar-refractivity contribution in [1.29, 1.82) is 0 Å². The molecule has 2 rings (SSSR count). The molecule has 16 heavy (non-hydrogen) atoms. The molecule has 86 valence electrons. The maximum Gasteiger partial charge on any atom is 0.149 e. The highest BCUT2D eigenvalue weighted by Crippen LogP contribution is 2.33. The van der Waals surface area contributed by atoms with Gasteiger partial charge >= 0.3 is 0 Å². The largest absolute Gasteiger partial charge is 0.298 e. The van der Waals surface area contributed by atoms with E-state index in [9.17, 15) is 4.79 Å². The molecule has 1 unspecified atom stereocenters. The number of alkyl halides is 1. The first-order valence-corrected chi connectivity index (χ1v) is 7.21. The lowest BCUT2D eigenvalue weighted by Gasteiger charge is -2.09. The molecule has 0 heterocycles. The van der Waals surface area contributed by atoms with Crippen molar-refractivity contribution in [2.45, 2.75) is 31.0 Å². The van der Waals surface area contributed by atoms with Crippen molar-refractivity contribution in [1.82, 2.24) is 0 Å². The van der Waals surface area contributed by atoms with Crippen LogP contribution in [-0.4, -0.2) is 10.6 Å². The summed E-state index contributed by atoms with van der Waals surface area (Å²) in [5, 5.41) is 0. The van der Waals surface area contributed by atoms with Gasteiger partial charge in [0.05, 0.1) is 4.83 Å². The van der Waals surface area contributed by atoms with Gasteiger partial charge in [0.25, 0.3) is 0 Å². The van der Waals surface area contributed by atoms with Crippen molar-refractivity contribution in [3.8, 4) is 0 Å². The van der Waals surface area contributed by atoms with Gasteiger partial charge in [0.2, 0.25) is 0 Å². The quantitative estimate of drug-likeness (QED) is 0.752. The van der Waals surface area contributed by atoms with Crippen molar-refractivity contribution in [3.05, 3.63) is 33.8 Å². The molecule has 0 bridgehead atoms. The average Bonchev–Trinajstić information content (AvgIpc) is 3.06. The summed E-state index contributed by atoms with van der Waals surface area (Å²) in [6.07, 6.45) is 2.95. The number of rotatable bonds is 4. The molecule has 0 saturated heterocycles. The summed E-state index contributed by atoms with van der Waals surface area (Å²) in [5.41, 5.74) is 2.43. The number of Topliss-reactive ketones (excluding diaryl/α,β-unsaturated/α-hetero) is 1. The zero-order chi connectivity index (χ0) is 11.7. The molecule has 1 saturated carbocycles. The maximum atomic E-state index is 11.8. The van der Waals surface area contributed by atoms with Crippen LogP contribution in [-0.2, 0) is 11.2 Å². The second-order valence-electron chi connectivity index (χ2n) is 4.43. The van der Waals surface area contributed by atoms with Crippen LogP contribution in [0.4, 0.5) is 0 Å². The first-order valence-electron chi connectivity index (χ1n) is 5.51. The first-order chi connectivity index (χ1) is 7.58. The van der Waals surface area contributed by atoms with Crippen molar-refractivity contribution in [3.63, 3.8) is 0 Å². The fraction of sp³-hybridized carbons (Fsp3) is 0.462. The Bertz CT molecular complexity index is 410. The van der Waals surface area contributed by atoms with Gasteiger partial charge in [0, 0.05) is 10.4 Å². The lowest BCUT2D eigenvalue weighted by Crippen LogP contribution is -2.18. The third kappa shape index (κ3) is 2.95. The van der Waals surface area contributed by atoms with Gasteiger partial charge in [-0.3, -0.25) is 4.79 Å². The van der Waals surface area contributed by atoms with Gasteiger partial charge in [0.15, 0.2) is 0 Å². The van der Waals surface area contributed by atoms with E-state index >= 15 is 0 Å². The van der Waals surface area contributed by atoms with E-state index in [1.165, 1.54) is 11.1 Å². The predicted molar refractivity (Wildman–Crippen MR) is 73.0 cm³/mol.